The van der Waals surface area contributed by atoms with Crippen molar-refractivity contribution >= 4 is 23.3 Å². The zero-order chi connectivity index (χ0) is 11.3. The van der Waals surface area contributed by atoms with Crippen molar-refractivity contribution in [3.8, 4) is 6.07 Å². The topological polar surface area (TPSA) is 64.3 Å². The molecule has 4 nitrogen and oxygen atoms in total. The van der Waals surface area contributed by atoms with Crippen LogP contribution in [0.5, 0.6) is 0 Å². The van der Waals surface area contributed by atoms with Crippen molar-refractivity contribution in [3.63, 3.8) is 0 Å². The standard InChI is InChI=1S/C10H9ClN2O2/c11-8-1-3-9(4-2-8)13(6-5-12)7-10(14)15/h1-4H,6-7H2,(H,14,15). The smallest absolute Gasteiger partial charge is 0.323 e. The van der Waals surface area contributed by atoms with Gasteiger partial charge in [-0.05, 0) is 24.3 Å². The average molecular weight is 225 g/mol. The highest BCUT2D eigenvalue weighted by Crippen LogP contribution is 2.17. The highest BCUT2D eigenvalue weighted by molar-refractivity contribution is 6.30. The molecule has 1 aromatic carbocycles. The van der Waals surface area contributed by atoms with Crippen LogP contribution in [-0.4, -0.2) is 24.2 Å². The zero-order valence-electron chi connectivity index (χ0n) is 7.85. The summed E-state index contributed by atoms with van der Waals surface area (Å²) in [5.74, 6) is -0.972. The highest BCUT2D eigenvalue weighted by atomic mass is 35.5. The summed E-state index contributed by atoms with van der Waals surface area (Å²) in [6.45, 7) is -0.164. The number of anilines is 1. The molecule has 1 N–H and O–H groups in total. The monoisotopic (exact) mass is 224 g/mol. The van der Waals surface area contributed by atoms with Gasteiger partial charge in [0.15, 0.2) is 0 Å². The first-order valence-electron chi connectivity index (χ1n) is 4.22. The molecule has 0 aliphatic carbocycles. The second-order valence-electron chi connectivity index (χ2n) is 2.88. The fourth-order valence-corrected chi connectivity index (χ4v) is 1.27. The average Bonchev–Trinajstić information content (AvgIpc) is 2.17. The van der Waals surface area contributed by atoms with Crippen LogP contribution in [0, 0.1) is 11.3 Å². The fraction of sp³-hybridized carbons (Fsp3) is 0.200. The second kappa shape index (κ2) is 5.23. The quantitative estimate of drug-likeness (QED) is 0.792. The number of hydrogen-bond acceptors (Lipinski definition) is 3. The summed E-state index contributed by atoms with van der Waals surface area (Å²) in [5, 5.41) is 17.8. The molecule has 0 spiro atoms. The van der Waals surface area contributed by atoms with Gasteiger partial charge in [-0.2, -0.15) is 5.26 Å². The van der Waals surface area contributed by atoms with Gasteiger partial charge in [0.05, 0.1) is 6.07 Å². The van der Waals surface area contributed by atoms with E-state index in [0.29, 0.717) is 10.7 Å². The third-order valence-electron chi connectivity index (χ3n) is 1.78. The Hall–Kier alpha value is -1.73. The molecule has 0 aliphatic rings. The Kier molecular flexibility index (Phi) is 3.95. The predicted molar refractivity (Wildman–Crippen MR) is 56.9 cm³/mol. The lowest BCUT2D eigenvalue weighted by Gasteiger charge is -2.19. The number of aliphatic carboxylic acids is 1. The summed E-state index contributed by atoms with van der Waals surface area (Å²) in [7, 11) is 0. The summed E-state index contributed by atoms with van der Waals surface area (Å²) >= 11 is 5.70. The molecule has 1 rings (SSSR count). The normalized spacial score (nSPS) is 9.33. The lowest BCUT2D eigenvalue weighted by molar-refractivity contribution is -0.135. The van der Waals surface area contributed by atoms with Crippen LogP contribution in [0.4, 0.5) is 5.69 Å². The molecule has 0 aliphatic heterocycles. The molecule has 0 heterocycles. The molecule has 0 saturated heterocycles. The summed E-state index contributed by atoms with van der Waals surface area (Å²) in [6.07, 6.45) is 0. The maximum absolute atomic E-state index is 10.5. The van der Waals surface area contributed by atoms with Crippen LogP contribution in [0.2, 0.25) is 5.02 Å². The van der Waals surface area contributed by atoms with Crippen LogP contribution >= 0.6 is 11.6 Å². The molecule has 5 heteroatoms. The van der Waals surface area contributed by atoms with Crippen LogP contribution in [0.15, 0.2) is 24.3 Å². The second-order valence-corrected chi connectivity index (χ2v) is 3.32. The van der Waals surface area contributed by atoms with E-state index in [-0.39, 0.29) is 13.1 Å². The van der Waals surface area contributed by atoms with Gasteiger partial charge >= 0.3 is 5.97 Å². The van der Waals surface area contributed by atoms with Gasteiger partial charge < -0.3 is 10.0 Å². The first-order valence-corrected chi connectivity index (χ1v) is 4.60. The van der Waals surface area contributed by atoms with E-state index in [2.05, 4.69) is 0 Å². The number of nitrogens with zero attached hydrogens (tertiary/aromatic N) is 2. The van der Waals surface area contributed by atoms with E-state index in [4.69, 9.17) is 22.0 Å². The van der Waals surface area contributed by atoms with E-state index in [1.807, 2.05) is 6.07 Å². The third kappa shape index (κ3) is 3.49. The lowest BCUT2D eigenvalue weighted by Crippen LogP contribution is -2.29. The SMILES string of the molecule is N#CCN(CC(=O)O)c1ccc(Cl)cc1. The van der Waals surface area contributed by atoms with Crippen molar-refractivity contribution in [1.29, 1.82) is 5.26 Å². The van der Waals surface area contributed by atoms with Crippen molar-refractivity contribution in [1.82, 2.24) is 0 Å². The molecule has 78 valence electrons. The highest BCUT2D eigenvalue weighted by Gasteiger charge is 2.09. The molecule has 0 aromatic heterocycles. The maximum Gasteiger partial charge on any atom is 0.323 e. The minimum Gasteiger partial charge on any atom is -0.480 e. The third-order valence-corrected chi connectivity index (χ3v) is 2.03. The Morgan fingerprint density at radius 2 is 2.07 bits per heavy atom. The van der Waals surface area contributed by atoms with Crippen LogP contribution in [0.1, 0.15) is 0 Å². The van der Waals surface area contributed by atoms with Gasteiger partial charge in [0.25, 0.3) is 0 Å². The number of hydrogen-bond donors (Lipinski definition) is 1. The summed E-state index contributed by atoms with van der Waals surface area (Å²) < 4.78 is 0. The molecule has 0 unspecified atom stereocenters. The fourth-order valence-electron chi connectivity index (χ4n) is 1.14. The van der Waals surface area contributed by atoms with Gasteiger partial charge in [0.2, 0.25) is 0 Å². The first kappa shape index (κ1) is 11.3. The van der Waals surface area contributed by atoms with Gasteiger partial charge in [0, 0.05) is 10.7 Å². The van der Waals surface area contributed by atoms with E-state index in [9.17, 15) is 4.79 Å². The van der Waals surface area contributed by atoms with Crippen LogP contribution < -0.4 is 4.90 Å². The van der Waals surface area contributed by atoms with E-state index < -0.39 is 5.97 Å². The van der Waals surface area contributed by atoms with Gasteiger partial charge in [-0.25, -0.2) is 0 Å². The number of carboxylic acids is 1. The molecule has 0 saturated carbocycles. The molecule has 0 amide bonds. The van der Waals surface area contributed by atoms with Gasteiger partial charge in [-0.15, -0.1) is 0 Å². The van der Waals surface area contributed by atoms with Gasteiger partial charge in [-0.1, -0.05) is 11.6 Å². The lowest BCUT2D eigenvalue weighted by atomic mass is 10.3. The Morgan fingerprint density at radius 1 is 1.47 bits per heavy atom. The predicted octanol–water partition coefficient (Wildman–Crippen LogP) is 1.75. The Bertz CT molecular complexity index is 383. The summed E-state index contributed by atoms with van der Waals surface area (Å²) in [5.41, 5.74) is 0.670. The molecule has 0 radical (unpaired) electrons. The molecule has 15 heavy (non-hydrogen) atoms. The van der Waals surface area contributed by atoms with Crippen molar-refractivity contribution in [2.24, 2.45) is 0 Å². The van der Waals surface area contributed by atoms with E-state index in [0.717, 1.165) is 0 Å². The number of benzene rings is 1. The number of carbonyl (C=O) groups is 1. The number of carboxylic acid groups (broad SMARTS) is 1. The number of nitriles is 1. The van der Waals surface area contributed by atoms with Crippen LogP contribution in [0.25, 0.3) is 0 Å². The molecule has 0 atom stereocenters. The van der Waals surface area contributed by atoms with Gasteiger partial charge in [-0.3, -0.25) is 4.79 Å². The minimum atomic E-state index is -0.972. The van der Waals surface area contributed by atoms with E-state index in [1.165, 1.54) is 4.90 Å². The molecule has 0 fully saturated rings. The molecule has 1 aromatic rings. The molecular formula is C10H9ClN2O2. The summed E-state index contributed by atoms with van der Waals surface area (Å²) in [4.78, 5) is 12.0. The number of halogens is 1. The summed E-state index contributed by atoms with van der Waals surface area (Å²) in [6, 6.07) is 8.59. The van der Waals surface area contributed by atoms with E-state index in [1.54, 1.807) is 24.3 Å². The zero-order valence-corrected chi connectivity index (χ0v) is 8.61. The van der Waals surface area contributed by atoms with Crippen molar-refractivity contribution in [3.05, 3.63) is 29.3 Å². The first-order chi connectivity index (χ1) is 7.13. The van der Waals surface area contributed by atoms with Crippen LogP contribution in [-0.2, 0) is 4.79 Å². The largest absolute Gasteiger partial charge is 0.480 e. The van der Waals surface area contributed by atoms with Crippen molar-refractivity contribution < 1.29 is 9.90 Å². The van der Waals surface area contributed by atoms with Gasteiger partial charge in [0.1, 0.15) is 13.1 Å². The minimum absolute atomic E-state index is 0.0356. The molecule has 0 bridgehead atoms. The Labute approximate surface area is 92.3 Å². The van der Waals surface area contributed by atoms with Crippen LogP contribution in [0.3, 0.4) is 0 Å². The molecular weight excluding hydrogens is 216 g/mol. The number of rotatable bonds is 4. The Morgan fingerprint density at radius 3 is 2.53 bits per heavy atom. The Balaban J connectivity index is 2.84. The van der Waals surface area contributed by atoms with Crippen molar-refractivity contribution in [2.45, 2.75) is 0 Å². The van der Waals surface area contributed by atoms with E-state index >= 15 is 0 Å². The van der Waals surface area contributed by atoms with Crippen molar-refractivity contribution in [2.75, 3.05) is 18.0 Å². The maximum atomic E-state index is 10.5.